The summed E-state index contributed by atoms with van der Waals surface area (Å²) < 4.78 is 0. The minimum Gasteiger partial charge on any atom is -0.399 e. The molecule has 0 aliphatic heterocycles. The first kappa shape index (κ1) is 11.9. The van der Waals surface area contributed by atoms with Gasteiger partial charge in [-0.05, 0) is 37.6 Å². The second-order valence-corrected chi connectivity index (χ2v) is 4.70. The molecule has 0 aliphatic carbocycles. The first-order valence-electron chi connectivity index (χ1n) is 4.58. The van der Waals surface area contributed by atoms with Gasteiger partial charge in [-0.2, -0.15) is 0 Å². The Morgan fingerprint density at radius 1 is 1.53 bits per heavy atom. The van der Waals surface area contributed by atoms with Gasteiger partial charge in [0.15, 0.2) is 0 Å². The average molecular weight is 225 g/mol. The zero-order chi connectivity index (χ0) is 11.4. The number of nitrogens with one attached hydrogen (secondary N) is 1. The summed E-state index contributed by atoms with van der Waals surface area (Å²) in [5.41, 5.74) is 9.60. The van der Waals surface area contributed by atoms with Gasteiger partial charge in [-0.15, -0.1) is 11.8 Å². The fourth-order valence-electron chi connectivity index (χ4n) is 1.10. The van der Waals surface area contributed by atoms with Crippen molar-refractivity contribution >= 4 is 23.4 Å². The van der Waals surface area contributed by atoms with Crippen LogP contribution in [0.1, 0.15) is 12.5 Å². The number of benzene rings is 1. The van der Waals surface area contributed by atoms with Gasteiger partial charge in [-0.1, -0.05) is 0 Å². The fraction of sp³-hybridized carbons (Fsp3) is 0.300. The summed E-state index contributed by atoms with van der Waals surface area (Å²) in [6.07, 6.45) is 0. The molecule has 1 atom stereocenters. The summed E-state index contributed by atoms with van der Waals surface area (Å²) in [7, 11) is 0. The Bertz CT molecular complexity index is 368. The molecule has 1 aromatic carbocycles. The molecule has 0 fully saturated rings. The Hall–Kier alpha value is -1.20. The molecule has 82 valence electrons. The van der Waals surface area contributed by atoms with Gasteiger partial charge in [-0.3, -0.25) is 10.2 Å². The van der Waals surface area contributed by atoms with E-state index in [0.717, 1.165) is 16.1 Å². The minimum atomic E-state index is -0.210. The third kappa shape index (κ3) is 3.14. The molecule has 0 saturated carbocycles. The molecule has 0 aromatic heterocycles. The number of carbonyl (C=O) groups is 1. The van der Waals surface area contributed by atoms with Crippen molar-refractivity contribution in [2.45, 2.75) is 24.0 Å². The molecular formula is C10H15N3OS. The topological polar surface area (TPSA) is 81.1 Å². The number of amides is 1. The molecule has 0 radical (unpaired) electrons. The molecule has 0 bridgehead atoms. The van der Waals surface area contributed by atoms with Crippen LogP contribution in [0.2, 0.25) is 0 Å². The van der Waals surface area contributed by atoms with Crippen molar-refractivity contribution < 1.29 is 4.79 Å². The summed E-state index contributed by atoms with van der Waals surface area (Å²) in [4.78, 5) is 12.2. The predicted molar refractivity (Wildman–Crippen MR) is 63.2 cm³/mol. The van der Waals surface area contributed by atoms with E-state index in [1.165, 1.54) is 11.8 Å². The van der Waals surface area contributed by atoms with Gasteiger partial charge < -0.3 is 5.73 Å². The molecule has 1 aromatic rings. The van der Waals surface area contributed by atoms with Crippen LogP contribution in [0.5, 0.6) is 0 Å². The van der Waals surface area contributed by atoms with Crippen LogP contribution in [0.4, 0.5) is 5.69 Å². The second-order valence-electron chi connectivity index (χ2n) is 3.29. The normalized spacial score (nSPS) is 12.2. The van der Waals surface area contributed by atoms with E-state index < -0.39 is 0 Å². The van der Waals surface area contributed by atoms with Crippen LogP contribution in [-0.2, 0) is 4.79 Å². The maximum atomic E-state index is 11.2. The van der Waals surface area contributed by atoms with Gasteiger partial charge in [-0.25, -0.2) is 5.84 Å². The second kappa shape index (κ2) is 5.04. The number of rotatable bonds is 3. The highest BCUT2D eigenvalue weighted by molar-refractivity contribution is 8.00. The van der Waals surface area contributed by atoms with Crippen LogP contribution >= 0.6 is 11.8 Å². The highest BCUT2D eigenvalue weighted by Gasteiger charge is 2.12. The monoisotopic (exact) mass is 225 g/mol. The lowest BCUT2D eigenvalue weighted by Gasteiger charge is -2.10. The van der Waals surface area contributed by atoms with E-state index in [2.05, 4.69) is 5.43 Å². The van der Waals surface area contributed by atoms with Crippen LogP contribution in [-0.4, -0.2) is 11.2 Å². The van der Waals surface area contributed by atoms with E-state index in [-0.39, 0.29) is 11.2 Å². The highest BCUT2D eigenvalue weighted by Crippen LogP contribution is 2.26. The van der Waals surface area contributed by atoms with Crippen molar-refractivity contribution in [1.29, 1.82) is 0 Å². The average Bonchev–Trinajstić information content (AvgIpc) is 2.22. The maximum absolute atomic E-state index is 11.2. The Balaban J connectivity index is 2.73. The Labute approximate surface area is 93.4 Å². The van der Waals surface area contributed by atoms with E-state index in [9.17, 15) is 4.79 Å². The van der Waals surface area contributed by atoms with E-state index >= 15 is 0 Å². The maximum Gasteiger partial charge on any atom is 0.247 e. The Morgan fingerprint density at radius 2 is 2.20 bits per heavy atom. The molecule has 5 heteroatoms. The van der Waals surface area contributed by atoms with Crippen LogP contribution in [0.25, 0.3) is 0 Å². The number of nitrogens with two attached hydrogens (primary N) is 2. The number of hydrogen-bond acceptors (Lipinski definition) is 4. The van der Waals surface area contributed by atoms with Gasteiger partial charge in [0.25, 0.3) is 0 Å². The lowest BCUT2D eigenvalue weighted by Crippen LogP contribution is -2.36. The minimum absolute atomic E-state index is 0.186. The number of aryl methyl sites for hydroxylation is 1. The van der Waals surface area contributed by atoms with Crippen molar-refractivity contribution in [2.24, 2.45) is 5.84 Å². The quantitative estimate of drug-likeness (QED) is 0.236. The van der Waals surface area contributed by atoms with Crippen LogP contribution in [0, 0.1) is 6.92 Å². The smallest absolute Gasteiger partial charge is 0.247 e. The Morgan fingerprint density at radius 3 is 2.73 bits per heavy atom. The van der Waals surface area contributed by atoms with Gasteiger partial charge in [0, 0.05) is 10.6 Å². The summed E-state index contributed by atoms with van der Waals surface area (Å²) >= 11 is 1.45. The van der Waals surface area contributed by atoms with Gasteiger partial charge in [0.2, 0.25) is 5.91 Å². The van der Waals surface area contributed by atoms with E-state index in [1.807, 2.05) is 25.1 Å². The standard InChI is InChI=1S/C10H15N3OS/c1-6-5-8(3-4-9(6)11)15-7(2)10(14)13-12/h3-5,7H,11-12H2,1-2H3,(H,13,14). The van der Waals surface area contributed by atoms with Crippen molar-refractivity contribution in [3.8, 4) is 0 Å². The highest BCUT2D eigenvalue weighted by atomic mass is 32.2. The number of anilines is 1. The van der Waals surface area contributed by atoms with E-state index in [0.29, 0.717) is 0 Å². The summed E-state index contributed by atoms with van der Waals surface area (Å²) in [5, 5.41) is -0.210. The van der Waals surface area contributed by atoms with E-state index in [1.54, 1.807) is 6.92 Å². The molecule has 1 rings (SSSR count). The van der Waals surface area contributed by atoms with Gasteiger partial charge >= 0.3 is 0 Å². The molecule has 0 saturated heterocycles. The summed E-state index contributed by atoms with van der Waals surface area (Å²) in [6.45, 7) is 3.74. The molecule has 0 aliphatic rings. The SMILES string of the molecule is Cc1cc(SC(C)C(=O)NN)ccc1N. The molecule has 1 amide bonds. The van der Waals surface area contributed by atoms with Gasteiger partial charge in [0.1, 0.15) is 0 Å². The van der Waals surface area contributed by atoms with Crippen molar-refractivity contribution in [2.75, 3.05) is 5.73 Å². The number of carbonyl (C=O) groups excluding carboxylic acids is 1. The van der Waals surface area contributed by atoms with Crippen molar-refractivity contribution in [1.82, 2.24) is 5.43 Å². The first-order valence-corrected chi connectivity index (χ1v) is 5.46. The number of thioether (sulfide) groups is 1. The van der Waals surface area contributed by atoms with Crippen LogP contribution in [0.15, 0.2) is 23.1 Å². The number of hydrazine groups is 1. The number of nitrogen functional groups attached to an aromatic ring is 1. The van der Waals surface area contributed by atoms with Crippen LogP contribution in [0.3, 0.4) is 0 Å². The van der Waals surface area contributed by atoms with Gasteiger partial charge in [0.05, 0.1) is 5.25 Å². The molecular weight excluding hydrogens is 210 g/mol. The zero-order valence-electron chi connectivity index (χ0n) is 8.78. The predicted octanol–water partition coefficient (Wildman–Crippen LogP) is 1.05. The molecule has 5 N–H and O–H groups in total. The molecule has 1 unspecified atom stereocenters. The van der Waals surface area contributed by atoms with E-state index in [4.69, 9.17) is 11.6 Å². The Kier molecular flexibility index (Phi) is 3.99. The number of hydrogen-bond donors (Lipinski definition) is 3. The first-order chi connectivity index (χ1) is 7.04. The molecule has 0 heterocycles. The largest absolute Gasteiger partial charge is 0.399 e. The zero-order valence-corrected chi connectivity index (χ0v) is 9.60. The van der Waals surface area contributed by atoms with Crippen molar-refractivity contribution in [3.05, 3.63) is 23.8 Å². The lowest BCUT2D eigenvalue weighted by molar-refractivity contribution is -0.120. The lowest BCUT2D eigenvalue weighted by atomic mass is 10.2. The third-order valence-corrected chi connectivity index (χ3v) is 3.16. The molecule has 15 heavy (non-hydrogen) atoms. The summed E-state index contributed by atoms with van der Waals surface area (Å²) in [5.74, 6) is 4.86. The van der Waals surface area contributed by atoms with Crippen LogP contribution < -0.4 is 17.0 Å². The third-order valence-electron chi connectivity index (χ3n) is 2.07. The molecule has 4 nitrogen and oxygen atoms in total. The summed E-state index contributed by atoms with van der Waals surface area (Å²) in [6, 6.07) is 5.69. The molecule has 0 spiro atoms. The fourth-order valence-corrected chi connectivity index (χ4v) is 2.07. The van der Waals surface area contributed by atoms with Crippen molar-refractivity contribution in [3.63, 3.8) is 0 Å².